The van der Waals surface area contributed by atoms with E-state index in [0.29, 0.717) is 12.2 Å². The van der Waals surface area contributed by atoms with Gasteiger partial charge < -0.3 is 24.4 Å². The molecule has 0 aromatic heterocycles. The molecular formula is C29H36O7. The molecule has 7 heteroatoms. The Morgan fingerprint density at radius 2 is 1.33 bits per heavy atom. The van der Waals surface area contributed by atoms with Crippen LogP contribution in [0.15, 0.2) is 73.8 Å². The molecule has 194 valence electrons. The summed E-state index contributed by atoms with van der Waals surface area (Å²) in [4.78, 5) is 22.1. The number of hydrogen-bond donors (Lipinski definition) is 2. The zero-order valence-electron chi connectivity index (χ0n) is 21.0. The van der Waals surface area contributed by atoms with Crippen LogP contribution < -0.4 is 4.74 Å². The number of hydrogen-bond acceptors (Lipinski definition) is 7. The van der Waals surface area contributed by atoms with Crippen LogP contribution in [-0.2, 0) is 30.9 Å². The average molecular weight is 497 g/mol. The van der Waals surface area contributed by atoms with Crippen LogP contribution in [0, 0.1) is 0 Å². The smallest absolute Gasteiger partial charge is 0.330 e. The molecular weight excluding hydrogens is 460 g/mol. The molecule has 0 radical (unpaired) electrons. The maximum atomic E-state index is 11.1. The molecule has 0 saturated carbocycles. The molecule has 7 nitrogen and oxygen atoms in total. The van der Waals surface area contributed by atoms with E-state index in [0.717, 1.165) is 36.1 Å². The summed E-state index contributed by atoms with van der Waals surface area (Å²) in [6.45, 7) is 10.8. The fraction of sp³-hybridized carbons (Fsp3) is 0.379. The molecule has 2 unspecified atom stereocenters. The van der Waals surface area contributed by atoms with Gasteiger partial charge in [-0.3, -0.25) is 0 Å². The van der Waals surface area contributed by atoms with Crippen LogP contribution in [0.5, 0.6) is 5.75 Å². The van der Waals surface area contributed by atoms with E-state index in [2.05, 4.69) is 51.3 Å². The quantitative estimate of drug-likeness (QED) is 0.285. The fourth-order valence-electron chi connectivity index (χ4n) is 3.56. The van der Waals surface area contributed by atoms with Crippen molar-refractivity contribution in [2.75, 3.05) is 19.8 Å². The minimum Gasteiger partial charge on any atom is -0.491 e. The largest absolute Gasteiger partial charge is 0.491 e. The molecule has 0 heterocycles. The standard InChI is InChI=1S/C29H36O7/c1-5-27(32)35-18-24(30)9-7-8-21-10-12-22(13-11-21)29(3,4)23-14-16-26(17-15-23)34-19-25(31)20-36-28(33)6-2/h5-6,10-17,24-25,30-31H,1-2,7-9,18-20H2,3-4H3. The van der Waals surface area contributed by atoms with Crippen LogP contribution in [-0.4, -0.2) is 54.2 Å². The number of carbonyl (C=O) groups is 2. The van der Waals surface area contributed by atoms with Gasteiger partial charge >= 0.3 is 11.9 Å². The molecule has 0 aliphatic carbocycles. The highest BCUT2D eigenvalue weighted by atomic mass is 16.5. The van der Waals surface area contributed by atoms with E-state index in [1.54, 1.807) is 0 Å². The molecule has 0 bridgehead atoms. The lowest BCUT2D eigenvalue weighted by atomic mass is 9.78. The van der Waals surface area contributed by atoms with Crippen molar-refractivity contribution in [1.82, 2.24) is 0 Å². The molecule has 2 aromatic carbocycles. The molecule has 2 rings (SSSR count). The van der Waals surface area contributed by atoms with Gasteiger partial charge in [0.2, 0.25) is 0 Å². The minimum absolute atomic E-state index is 0.00558. The maximum Gasteiger partial charge on any atom is 0.330 e. The Morgan fingerprint density at radius 1 is 0.833 bits per heavy atom. The first kappa shape index (κ1) is 28.8. The van der Waals surface area contributed by atoms with Gasteiger partial charge in [-0.15, -0.1) is 0 Å². The number of carbonyl (C=O) groups excluding carboxylic acids is 2. The Labute approximate surface area is 213 Å². The number of esters is 2. The van der Waals surface area contributed by atoms with Gasteiger partial charge in [0.15, 0.2) is 0 Å². The van der Waals surface area contributed by atoms with Crippen LogP contribution in [0.25, 0.3) is 0 Å². The first-order valence-corrected chi connectivity index (χ1v) is 11.9. The summed E-state index contributed by atoms with van der Waals surface area (Å²) < 4.78 is 15.3. The van der Waals surface area contributed by atoms with E-state index < -0.39 is 24.1 Å². The zero-order valence-corrected chi connectivity index (χ0v) is 21.0. The third kappa shape index (κ3) is 9.32. The lowest BCUT2D eigenvalue weighted by Gasteiger charge is -2.26. The van der Waals surface area contributed by atoms with Gasteiger partial charge in [0.05, 0.1) is 6.10 Å². The van der Waals surface area contributed by atoms with Crippen LogP contribution in [0.3, 0.4) is 0 Å². The molecule has 2 N–H and O–H groups in total. The van der Waals surface area contributed by atoms with Crippen molar-refractivity contribution in [1.29, 1.82) is 0 Å². The van der Waals surface area contributed by atoms with Crippen LogP contribution in [0.4, 0.5) is 0 Å². The molecule has 2 aromatic rings. The third-order valence-corrected chi connectivity index (χ3v) is 5.87. The Hall–Kier alpha value is -3.42. The summed E-state index contributed by atoms with van der Waals surface area (Å²) in [5, 5.41) is 19.8. The van der Waals surface area contributed by atoms with Crippen LogP contribution >= 0.6 is 0 Å². The highest BCUT2D eigenvalue weighted by molar-refractivity contribution is 5.81. The summed E-state index contributed by atoms with van der Waals surface area (Å²) >= 11 is 0. The Balaban J connectivity index is 1.85. The molecule has 0 aliphatic heterocycles. The molecule has 0 fully saturated rings. The third-order valence-electron chi connectivity index (χ3n) is 5.87. The van der Waals surface area contributed by atoms with Gasteiger partial charge in [0.25, 0.3) is 0 Å². The second kappa shape index (κ2) is 14.2. The van der Waals surface area contributed by atoms with Crippen molar-refractivity contribution in [3.8, 4) is 5.75 Å². The van der Waals surface area contributed by atoms with Gasteiger partial charge in [-0.2, -0.15) is 0 Å². The molecule has 0 amide bonds. The van der Waals surface area contributed by atoms with Gasteiger partial charge in [-0.25, -0.2) is 9.59 Å². The van der Waals surface area contributed by atoms with E-state index in [1.807, 2.05) is 24.3 Å². The minimum atomic E-state index is -0.929. The lowest BCUT2D eigenvalue weighted by Crippen LogP contribution is -2.24. The topological polar surface area (TPSA) is 102 Å². The Morgan fingerprint density at radius 3 is 1.86 bits per heavy atom. The highest BCUT2D eigenvalue weighted by Gasteiger charge is 2.23. The van der Waals surface area contributed by atoms with Gasteiger partial charge in [0, 0.05) is 17.6 Å². The molecule has 0 aliphatic rings. The number of benzene rings is 2. The van der Waals surface area contributed by atoms with E-state index >= 15 is 0 Å². The van der Waals surface area contributed by atoms with Crippen molar-refractivity contribution < 1.29 is 34.0 Å². The summed E-state index contributed by atoms with van der Waals surface area (Å²) in [5.74, 6) is -0.506. The van der Waals surface area contributed by atoms with Crippen molar-refractivity contribution in [2.24, 2.45) is 0 Å². The molecule has 0 spiro atoms. The van der Waals surface area contributed by atoms with Gasteiger partial charge in [0.1, 0.15) is 31.7 Å². The predicted molar refractivity (Wildman–Crippen MR) is 138 cm³/mol. The summed E-state index contributed by atoms with van der Waals surface area (Å²) in [6.07, 6.45) is 2.65. The monoisotopic (exact) mass is 496 g/mol. The summed E-state index contributed by atoms with van der Waals surface area (Å²) in [7, 11) is 0. The number of aliphatic hydroxyl groups excluding tert-OH is 2. The van der Waals surface area contributed by atoms with Crippen molar-refractivity contribution in [3.63, 3.8) is 0 Å². The van der Waals surface area contributed by atoms with E-state index in [4.69, 9.17) is 14.2 Å². The predicted octanol–water partition coefficient (Wildman–Crippen LogP) is 3.89. The van der Waals surface area contributed by atoms with E-state index in [-0.39, 0.29) is 25.2 Å². The first-order chi connectivity index (χ1) is 17.1. The normalized spacial score (nSPS) is 12.8. The second-order valence-electron chi connectivity index (χ2n) is 9.03. The van der Waals surface area contributed by atoms with Crippen LogP contribution in [0.2, 0.25) is 0 Å². The molecule has 36 heavy (non-hydrogen) atoms. The number of ether oxygens (including phenoxy) is 3. The van der Waals surface area contributed by atoms with E-state index in [1.165, 1.54) is 5.56 Å². The lowest BCUT2D eigenvalue weighted by molar-refractivity contribution is -0.141. The molecule has 2 atom stereocenters. The van der Waals surface area contributed by atoms with Crippen molar-refractivity contribution >= 4 is 11.9 Å². The van der Waals surface area contributed by atoms with E-state index in [9.17, 15) is 19.8 Å². The average Bonchev–Trinajstić information content (AvgIpc) is 2.89. The first-order valence-electron chi connectivity index (χ1n) is 11.9. The Kier molecular flexibility index (Phi) is 11.4. The summed E-state index contributed by atoms with van der Waals surface area (Å²) in [6, 6.07) is 16.1. The SMILES string of the molecule is C=CC(=O)OCC(O)CCCc1ccc(C(C)(C)c2ccc(OCC(O)COC(=O)C=C)cc2)cc1. The number of rotatable bonds is 15. The molecule has 0 saturated heterocycles. The van der Waals surface area contributed by atoms with Crippen molar-refractivity contribution in [2.45, 2.75) is 50.7 Å². The second-order valence-corrected chi connectivity index (χ2v) is 9.03. The summed E-state index contributed by atoms with van der Waals surface area (Å²) in [5.41, 5.74) is 3.21. The van der Waals surface area contributed by atoms with Gasteiger partial charge in [-0.05, 0) is 48.1 Å². The maximum absolute atomic E-state index is 11.1. The Bertz CT molecular complexity index is 993. The zero-order chi connectivity index (χ0) is 26.6. The fourth-order valence-corrected chi connectivity index (χ4v) is 3.56. The highest BCUT2D eigenvalue weighted by Crippen LogP contribution is 2.32. The van der Waals surface area contributed by atoms with Crippen LogP contribution in [0.1, 0.15) is 43.4 Å². The number of aryl methyl sites for hydroxylation is 1. The van der Waals surface area contributed by atoms with Crippen molar-refractivity contribution in [3.05, 3.63) is 90.5 Å². The van der Waals surface area contributed by atoms with Gasteiger partial charge in [-0.1, -0.05) is 63.4 Å². The number of aliphatic hydroxyl groups is 2.